The van der Waals surface area contributed by atoms with Gasteiger partial charge in [0.2, 0.25) is 0 Å². The Balaban J connectivity index is 3.94. The summed E-state index contributed by atoms with van der Waals surface area (Å²) in [6.07, 6.45) is 2.66. The predicted molar refractivity (Wildman–Crippen MR) is 68.5 cm³/mol. The molecule has 0 heterocycles. The average Bonchev–Trinajstić information content (AvgIpc) is 2.10. The van der Waals surface area contributed by atoms with Gasteiger partial charge in [-0.1, -0.05) is 34.6 Å². The smallest absolute Gasteiger partial charge is 0.136 e. The minimum atomic E-state index is 0.141. The van der Waals surface area contributed by atoms with Gasteiger partial charge in [0.25, 0.3) is 0 Å². The normalized spacial score (nSPS) is 15.9. The Morgan fingerprint density at radius 2 is 1.81 bits per heavy atom. The summed E-state index contributed by atoms with van der Waals surface area (Å²) >= 11 is 0. The van der Waals surface area contributed by atoms with Crippen molar-refractivity contribution in [2.24, 2.45) is 17.3 Å². The van der Waals surface area contributed by atoms with E-state index in [1.54, 1.807) is 7.11 Å². The van der Waals surface area contributed by atoms with E-state index in [0.29, 0.717) is 30.1 Å². The van der Waals surface area contributed by atoms with Crippen LogP contribution in [0.25, 0.3) is 0 Å². The van der Waals surface area contributed by atoms with Crippen molar-refractivity contribution in [2.45, 2.75) is 53.9 Å². The first-order valence-electron chi connectivity index (χ1n) is 6.28. The van der Waals surface area contributed by atoms with Crippen LogP contribution in [0.2, 0.25) is 0 Å². The van der Waals surface area contributed by atoms with Crippen LogP contribution in [-0.2, 0) is 9.53 Å². The molecule has 0 N–H and O–H groups in total. The second kappa shape index (κ2) is 7.05. The van der Waals surface area contributed by atoms with Crippen molar-refractivity contribution in [1.82, 2.24) is 0 Å². The molecule has 0 aromatic carbocycles. The quantitative estimate of drug-likeness (QED) is 0.664. The van der Waals surface area contributed by atoms with Gasteiger partial charge in [-0.05, 0) is 24.2 Å². The van der Waals surface area contributed by atoms with Gasteiger partial charge in [-0.2, -0.15) is 0 Å². The van der Waals surface area contributed by atoms with E-state index in [1.165, 1.54) is 0 Å². The Labute approximate surface area is 101 Å². The van der Waals surface area contributed by atoms with Crippen molar-refractivity contribution in [1.29, 1.82) is 0 Å². The summed E-state index contributed by atoms with van der Waals surface area (Å²) in [6.45, 7) is 11.5. The number of rotatable bonds is 7. The maximum absolute atomic E-state index is 11.9. The highest BCUT2D eigenvalue weighted by molar-refractivity contribution is 5.80. The zero-order valence-electron chi connectivity index (χ0n) is 11.8. The minimum Gasteiger partial charge on any atom is -0.385 e. The molecule has 0 amide bonds. The van der Waals surface area contributed by atoms with Gasteiger partial charge in [0, 0.05) is 26.1 Å². The fourth-order valence-corrected chi connectivity index (χ4v) is 2.12. The van der Waals surface area contributed by atoms with E-state index in [2.05, 4.69) is 27.7 Å². The van der Waals surface area contributed by atoms with Crippen LogP contribution in [0.15, 0.2) is 0 Å². The second-order valence-corrected chi connectivity index (χ2v) is 6.22. The minimum absolute atomic E-state index is 0.141. The standard InChI is InChI=1S/C14H28O2/c1-11(10-14(3,4)5)9-13(15)12(2)7-8-16-6/h11-12H,7-10H2,1-6H3. The molecule has 0 fully saturated rings. The molecule has 2 heteroatoms. The van der Waals surface area contributed by atoms with Crippen molar-refractivity contribution in [3.63, 3.8) is 0 Å². The topological polar surface area (TPSA) is 26.3 Å². The van der Waals surface area contributed by atoms with Gasteiger partial charge >= 0.3 is 0 Å². The lowest BCUT2D eigenvalue weighted by Gasteiger charge is -2.23. The third-order valence-corrected chi connectivity index (χ3v) is 2.82. The van der Waals surface area contributed by atoms with Crippen molar-refractivity contribution in [3.05, 3.63) is 0 Å². The molecular weight excluding hydrogens is 200 g/mol. The van der Waals surface area contributed by atoms with Crippen LogP contribution in [0, 0.1) is 17.3 Å². The molecule has 16 heavy (non-hydrogen) atoms. The first-order chi connectivity index (χ1) is 7.26. The summed E-state index contributed by atoms with van der Waals surface area (Å²) in [5.41, 5.74) is 0.315. The van der Waals surface area contributed by atoms with E-state index >= 15 is 0 Å². The number of carbonyl (C=O) groups is 1. The molecule has 0 saturated carbocycles. The lowest BCUT2D eigenvalue weighted by atomic mass is 9.82. The van der Waals surface area contributed by atoms with E-state index in [9.17, 15) is 4.79 Å². The molecule has 0 spiro atoms. The van der Waals surface area contributed by atoms with Crippen molar-refractivity contribution < 1.29 is 9.53 Å². The highest BCUT2D eigenvalue weighted by Gasteiger charge is 2.20. The second-order valence-electron chi connectivity index (χ2n) is 6.22. The van der Waals surface area contributed by atoms with Crippen LogP contribution in [0.1, 0.15) is 53.9 Å². The Bertz CT molecular complexity index is 203. The van der Waals surface area contributed by atoms with E-state index < -0.39 is 0 Å². The van der Waals surface area contributed by atoms with E-state index in [1.807, 2.05) is 6.92 Å². The summed E-state index contributed by atoms with van der Waals surface area (Å²) in [5.74, 6) is 1.01. The molecular formula is C14H28O2. The van der Waals surface area contributed by atoms with Gasteiger partial charge in [0.05, 0.1) is 0 Å². The summed E-state index contributed by atoms with van der Waals surface area (Å²) in [6, 6.07) is 0. The van der Waals surface area contributed by atoms with Crippen molar-refractivity contribution in [2.75, 3.05) is 13.7 Å². The number of methoxy groups -OCH3 is 1. The van der Waals surface area contributed by atoms with Gasteiger partial charge in [-0.3, -0.25) is 4.79 Å². The van der Waals surface area contributed by atoms with Gasteiger partial charge in [0.15, 0.2) is 0 Å². The summed E-state index contributed by atoms with van der Waals surface area (Å²) < 4.78 is 5.00. The maximum Gasteiger partial charge on any atom is 0.136 e. The van der Waals surface area contributed by atoms with Crippen molar-refractivity contribution >= 4 is 5.78 Å². The number of Topliss-reactive ketones (excluding diaryl/α,β-unsaturated/α-hetero) is 1. The van der Waals surface area contributed by atoms with Crippen LogP contribution in [0.3, 0.4) is 0 Å². The number of hydrogen-bond donors (Lipinski definition) is 0. The maximum atomic E-state index is 11.9. The number of ether oxygens (including phenoxy) is 1. The molecule has 0 rings (SSSR count). The monoisotopic (exact) mass is 228 g/mol. The first-order valence-corrected chi connectivity index (χ1v) is 6.28. The average molecular weight is 228 g/mol. The highest BCUT2D eigenvalue weighted by atomic mass is 16.5. The molecule has 96 valence electrons. The third kappa shape index (κ3) is 7.86. The number of hydrogen-bond acceptors (Lipinski definition) is 2. The zero-order chi connectivity index (χ0) is 12.8. The number of ketones is 1. The Hall–Kier alpha value is -0.370. The zero-order valence-corrected chi connectivity index (χ0v) is 11.8. The van der Waals surface area contributed by atoms with E-state index in [4.69, 9.17) is 4.74 Å². The summed E-state index contributed by atoms with van der Waals surface area (Å²) in [5, 5.41) is 0. The lowest BCUT2D eigenvalue weighted by molar-refractivity contribution is -0.123. The van der Waals surface area contributed by atoms with Gasteiger partial charge in [0.1, 0.15) is 5.78 Å². The third-order valence-electron chi connectivity index (χ3n) is 2.82. The van der Waals surface area contributed by atoms with Crippen LogP contribution >= 0.6 is 0 Å². The van der Waals surface area contributed by atoms with Crippen LogP contribution < -0.4 is 0 Å². The summed E-state index contributed by atoms with van der Waals surface area (Å²) in [7, 11) is 1.68. The van der Waals surface area contributed by atoms with Crippen LogP contribution in [0.5, 0.6) is 0 Å². The fourth-order valence-electron chi connectivity index (χ4n) is 2.12. The van der Waals surface area contributed by atoms with Gasteiger partial charge in [-0.15, -0.1) is 0 Å². The Kier molecular flexibility index (Phi) is 6.89. The first kappa shape index (κ1) is 15.6. The molecule has 2 atom stereocenters. The van der Waals surface area contributed by atoms with Gasteiger partial charge in [-0.25, -0.2) is 0 Å². The van der Waals surface area contributed by atoms with Crippen molar-refractivity contribution in [3.8, 4) is 0 Å². The molecule has 0 aromatic heterocycles. The van der Waals surface area contributed by atoms with Crippen LogP contribution in [-0.4, -0.2) is 19.5 Å². The highest BCUT2D eigenvalue weighted by Crippen LogP contribution is 2.27. The molecule has 2 unspecified atom stereocenters. The molecule has 2 nitrogen and oxygen atoms in total. The van der Waals surface area contributed by atoms with E-state index in [0.717, 1.165) is 12.8 Å². The largest absolute Gasteiger partial charge is 0.385 e. The number of carbonyl (C=O) groups excluding carboxylic acids is 1. The van der Waals surface area contributed by atoms with Crippen LogP contribution in [0.4, 0.5) is 0 Å². The van der Waals surface area contributed by atoms with E-state index in [-0.39, 0.29) is 5.92 Å². The molecule has 0 aliphatic heterocycles. The molecule has 0 radical (unpaired) electrons. The SMILES string of the molecule is COCCC(C)C(=O)CC(C)CC(C)(C)C. The Morgan fingerprint density at radius 3 is 2.25 bits per heavy atom. The lowest BCUT2D eigenvalue weighted by Crippen LogP contribution is -2.19. The van der Waals surface area contributed by atoms with Gasteiger partial charge < -0.3 is 4.74 Å². The molecule has 0 aliphatic carbocycles. The molecule has 0 aromatic rings. The fraction of sp³-hybridized carbons (Fsp3) is 0.929. The Morgan fingerprint density at radius 1 is 1.25 bits per heavy atom. The predicted octanol–water partition coefficient (Wildman–Crippen LogP) is 3.69. The summed E-state index contributed by atoms with van der Waals surface area (Å²) in [4.78, 5) is 11.9. The molecule has 0 bridgehead atoms. The molecule has 0 saturated heterocycles. The molecule has 0 aliphatic rings.